The molecular weight excluding hydrogens is 229 g/mol. The third-order valence-electron chi connectivity index (χ3n) is 2.01. The van der Waals surface area contributed by atoms with Crippen molar-refractivity contribution in [2.75, 3.05) is 11.5 Å². The van der Waals surface area contributed by atoms with E-state index in [1.165, 1.54) is 23.9 Å². The summed E-state index contributed by atoms with van der Waals surface area (Å²) in [5.74, 6) is -0.317. The molecule has 0 saturated carbocycles. The molecule has 0 saturated heterocycles. The molecule has 0 fully saturated rings. The molecule has 3 N–H and O–H groups in total. The lowest BCUT2D eigenvalue weighted by atomic mass is 10.2. The van der Waals surface area contributed by atoms with Crippen molar-refractivity contribution in [2.45, 2.75) is 24.2 Å². The minimum absolute atomic E-state index is 0.194. The Morgan fingerprint density at radius 3 is 2.81 bits per heavy atom. The molecule has 0 unspecified atom stereocenters. The molecule has 5 heteroatoms. The van der Waals surface area contributed by atoms with Crippen LogP contribution >= 0.6 is 11.8 Å². The summed E-state index contributed by atoms with van der Waals surface area (Å²) in [4.78, 5) is 11.1. The van der Waals surface area contributed by atoms with Crippen LogP contribution in [0.25, 0.3) is 0 Å². The maximum atomic E-state index is 12.7. The van der Waals surface area contributed by atoms with Crippen molar-refractivity contribution >= 4 is 23.4 Å². The molecule has 1 aromatic carbocycles. The van der Waals surface area contributed by atoms with Gasteiger partial charge in [0.1, 0.15) is 5.82 Å². The molecule has 0 radical (unpaired) electrons. The number of rotatable bonds is 6. The van der Waals surface area contributed by atoms with Gasteiger partial charge in [-0.1, -0.05) is 0 Å². The Morgan fingerprint density at radius 2 is 2.19 bits per heavy atom. The zero-order valence-electron chi connectivity index (χ0n) is 8.78. The quantitative estimate of drug-likeness (QED) is 0.458. The van der Waals surface area contributed by atoms with Crippen LogP contribution in [0.4, 0.5) is 10.1 Å². The van der Waals surface area contributed by atoms with E-state index in [0.29, 0.717) is 12.1 Å². The van der Waals surface area contributed by atoms with Crippen LogP contribution in [0, 0.1) is 5.82 Å². The lowest BCUT2D eigenvalue weighted by molar-refractivity contribution is -0.137. The first-order valence-electron chi connectivity index (χ1n) is 4.99. The summed E-state index contributed by atoms with van der Waals surface area (Å²) in [6, 6.07) is 4.31. The van der Waals surface area contributed by atoms with Crippen molar-refractivity contribution in [3.8, 4) is 0 Å². The van der Waals surface area contributed by atoms with E-state index in [9.17, 15) is 9.18 Å². The number of carboxylic acid groups (broad SMARTS) is 1. The summed E-state index contributed by atoms with van der Waals surface area (Å²) < 4.78 is 12.7. The second-order valence-corrected chi connectivity index (χ2v) is 4.52. The molecule has 88 valence electrons. The van der Waals surface area contributed by atoms with Gasteiger partial charge in [-0.2, -0.15) is 0 Å². The van der Waals surface area contributed by atoms with E-state index >= 15 is 0 Å². The summed E-state index contributed by atoms with van der Waals surface area (Å²) in [6.45, 7) is 0. The fourth-order valence-electron chi connectivity index (χ4n) is 1.21. The highest BCUT2D eigenvalue weighted by atomic mass is 32.2. The third-order valence-corrected chi connectivity index (χ3v) is 3.19. The molecule has 3 nitrogen and oxygen atoms in total. The van der Waals surface area contributed by atoms with E-state index in [2.05, 4.69) is 0 Å². The Bertz CT molecular complexity index is 371. The Morgan fingerprint density at radius 1 is 1.44 bits per heavy atom. The number of benzene rings is 1. The highest BCUT2D eigenvalue weighted by molar-refractivity contribution is 7.99. The molecule has 0 amide bonds. The van der Waals surface area contributed by atoms with Crippen LogP contribution in [-0.4, -0.2) is 16.8 Å². The fourth-order valence-corrected chi connectivity index (χ4v) is 2.17. The van der Waals surface area contributed by atoms with Gasteiger partial charge in [-0.3, -0.25) is 4.79 Å². The predicted molar refractivity (Wildman–Crippen MR) is 63.0 cm³/mol. The number of nitrogen functional groups attached to an aromatic ring is 1. The van der Waals surface area contributed by atoms with Gasteiger partial charge in [0, 0.05) is 17.0 Å². The number of halogens is 1. The SMILES string of the molecule is Nc1cc(F)ccc1SCCCCC(=O)O. The molecular formula is C11H14FNO2S. The lowest BCUT2D eigenvalue weighted by Gasteiger charge is -2.04. The van der Waals surface area contributed by atoms with Gasteiger partial charge < -0.3 is 10.8 Å². The maximum absolute atomic E-state index is 12.7. The number of unbranched alkanes of at least 4 members (excludes halogenated alkanes) is 1. The normalized spacial score (nSPS) is 10.3. The van der Waals surface area contributed by atoms with Crippen LogP contribution in [0.15, 0.2) is 23.1 Å². The molecule has 0 spiro atoms. The minimum Gasteiger partial charge on any atom is -0.481 e. The Balaban J connectivity index is 2.29. The highest BCUT2D eigenvalue weighted by Gasteiger charge is 2.02. The first kappa shape index (κ1) is 12.8. The zero-order valence-corrected chi connectivity index (χ0v) is 9.60. The molecule has 16 heavy (non-hydrogen) atoms. The Labute approximate surface area is 97.8 Å². The van der Waals surface area contributed by atoms with Crippen molar-refractivity contribution < 1.29 is 14.3 Å². The van der Waals surface area contributed by atoms with E-state index in [1.807, 2.05) is 0 Å². The molecule has 0 aromatic heterocycles. The van der Waals surface area contributed by atoms with E-state index in [1.54, 1.807) is 6.07 Å². The van der Waals surface area contributed by atoms with Gasteiger partial charge in [0.05, 0.1) is 0 Å². The first-order valence-corrected chi connectivity index (χ1v) is 5.98. The lowest BCUT2D eigenvalue weighted by Crippen LogP contribution is -1.95. The second kappa shape index (κ2) is 6.37. The van der Waals surface area contributed by atoms with E-state index in [-0.39, 0.29) is 12.2 Å². The number of thioether (sulfide) groups is 1. The maximum Gasteiger partial charge on any atom is 0.303 e. The molecule has 0 aliphatic rings. The number of hydrogen-bond donors (Lipinski definition) is 2. The number of nitrogens with two attached hydrogens (primary N) is 1. The van der Waals surface area contributed by atoms with E-state index in [0.717, 1.165) is 17.1 Å². The summed E-state index contributed by atoms with van der Waals surface area (Å²) in [5, 5.41) is 8.44. The average molecular weight is 243 g/mol. The van der Waals surface area contributed by atoms with Crippen molar-refractivity contribution in [1.82, 2.24) is 0 Å². The smallest absolute Gasteiger partial charge is 0.303 e. The summed E-state index contributed by atoms with van der Waals surface area (Å²) in [5.41, 5.74) is 6.06. The average Bonchev–Trinajstić information content (AvgIpc) is 2.20. The summed E-state index contributed by atoms with van der Waals surface area (Å²) in [6.07, 6.45) is 1.66. The van der Waals surface area contributed by atoms with Gasteiger partial charge in [0.25, 0.3) is 0 Å². The van der Waals surface area contributed by atoms with Gasteiger partial charge in [0.15, 0.2) is 0 Å². The number of aliphatic carboxylic acids is 1. The van der Waals surface area contributed by atoms with Crippen LogP contribution in [0.3, 0.4) is 0 Å². The van der Waals surface area contributed by atoms with Gasteiger partial charge in [-0.05, 0) is 36.8 Å². The van der Waals surface area contributed by atoms with Crippen LogP contribution in [0.1, 0.15) is 19.3 Å². The zero-order chi connectivity index (χ0) is 12.0. The third kappa shape index (κ3) is 4.53. The predicted octanol–water partition coefficient (Wildman–Crippen LogP) is 2.75. The minimum atomic E-state index is -0.772. The Hall–Kier alpha value is -1.23. The van der Waals surface area contributed by atoms with Crippen LogP contribution < -0.4 is 5.73 Å². The van der Waals surface area contributed by atoms with Gasteiger partial charge in [-0.25, -0.2) is 4.39 Å². The van der Waals surface area contributed by atoms with Crippen LogP contribution in [-0.2, 0) is 4.79 Å². The fraction of sp³-hybridized carbons (Fsp3) is 0.364. The number of carbonyl (C=O) groups is 1. The highest BCUT2D eigenvalue weighted by Crippen LogP contribution is 2.26. The van der Waals surface area contributed by atoms with Gasteiger partial charge in [-0.15, -0.1) is 11.8 Å². The van der Waals surface area contributed by atoms with E-state index in [4.69, 9.17) is 10.8 Å². The molecule has 0 atom stereocenters. The molecule has 0 aliphatic heterocycles. The monoisotopic (exact) mass is 243 g/mol. The van der Waals surface area contributed by atoms with Crippen molar-refractivity contribution in [1.29, 1.82) is 0 Å². The Kier molecular flexibility index (Phi) is 5.11. The molecule has 1 rings (SSSR count). The van der Waals surface area contributed by atoms with Crippen LogP contribution in [0.2, 0.25) is 0 Å². The number of carboxylic acids is 1. The molecule has 0 heterocycles. The molecule has 0 bridgehead atoms. The second-order valence-electron chi connectivity index (χ2n) is 3.38. The molecule has 0 aliphatic carbocycles. The summed E-state index contributed by atoms with van der Waals surface area (Å²) in [7, 11) is 0. The van der Waals surface area contributed by atoms with Crippen molar-refractivity contribution in [2.24, 2.45) is 0 Å². The topological polar surface area (TPSA) is 63.3 Å². The van der Waals surface area contributed by atoms with Crippen LogP contribution in [0.5, 0.6) is 0 Å². The first-order chi connectivity index (χ1) is 7.59. The van der Waals surface area contributed by atoms with E-state index < -0.39 is 5.97 Å². The van der Waals surface area contributed by atoms with Gasteiger partial charge in [0.2, 0.25) is 0 Å². The summed E-state index contributed by atoms with van der Waals surface area (Å²) >= 11 is 1.52. The standard InChI is InChI=1S/C11H14FNO2S/c12-8-4-5-10(9(13)7-8)16-6-2-1-3-11(14)15/h4-5,7H,1-3,6,13H2,(H,14,15). The van der Waals surface area contributed by atoms with Gasteiger partial charge >= 0.3 is 5.97 Å². The van der Waals surface area contributed by atoms with Crippen molar-refractivity contribution in [3.05, 3.63) is 24.0 Å². The number of hydrogen-bond acceptors (Lipinski definition) is 3. The van der Waals surface area contributed by atoms with Crippen molar-refractivity contribution in [3.63, 3.8) is 0 Å². The largest absolute Gasteiger partial charge is 0.481 e. The molecule has 1 aromatic rings. The number of anilines is 1.